The van der Waals surface area contributed by atoms with Crippen molar-refractivity contribution in [3.8, 4) is 0 Å². The molecular formula is C13H21NO. The van der Waals surface area contributed by atoms with Crippen molar-refractivity contribution >= 4 is 0 Å². The quantitative estimate of drug-likeness (QED) is 0.800. The molecule has 0 aromatic carbocycles. The van der Waals surface area contributed by atoms with E-state index in [1.807, 2.05) is 0 Å². The summed E-state index contributed by atoms with van der Waals surface area (Å²) in [6.45, 7) is 5.30. The van der Waals surface area contributed by atoms with Crippen molar-refractivity contribution in [3.63, 3.8) is 0 Å². The standard InChI is InChI=1S/C13H21NO/c1-3-14-12(9-11-5-4-6-11)13-10(2)7-8-15-13/h7-8,11-12,14H,3-6,9H2,1-2H3. The molecule has 0 spiro atoms. The van der Waals surface area contributed by atoms with Crippen LogP contribution in [0.15, 0.2) is 16.7 Å². The first-order valence-electron chi connectivity index (χ1n) is 6.08. The molecule has 1 aromatic rings. The van der Waals surface area contributed by atoms with Crippen LogP contribution in [0.5, 0.6) is 0 Å². The molecule has 1 heterocycles. The average molecular weight is 207 g/mol. The van der Waals surface area contributed by atoms with E-state index in [1.54, 1.807) is 6.26 Å². The Morgan fingerprint density at radius 2 is 2.33 bits per heavy atom. The van der Waals surface area contributed by atoms with Crippen molar-refractivity contribution in [1.82, 2.24) is 5.32 Å². The minimum atomic E-state index is 0.426. The topological polar surface area (TPSA) is 25.2 Å². The lowest BCUT2D eigenvalue weighted by Crippen LogP contribution is -2.26. The minimum absolute atomic E-state index is 0.426. The molecule has 84 valence electrons. The van der Waals surface area contributed by atoms with Gasteiger partial charge in [0.15, 0.2) is 0 Å². The highest BCUT2D eigenvalue weighted by Gasteiger charge is 2.24. The Hall–Kier alpha value is -0.760. The third kappa shape index (κ3) is 2.43. The van der Waals surface area contributed by atoms with Crippen LogP contribution in [0.1, 0.15) is 50.0 Å². The largest absolute Gasteiger partial charge is 0.467 e. The number of aryl methyl sites for hydroxylation is 1. The summed E-state index contributed by atoms with van der Waals surface area (Å²) in [6, 6.07) is 2.48. The smallest absolute Gasteiger partial charge is 0.123 e. The Bertz CT molecular complexity index is 301. The lowest BCUT2D eigenvalue weighted by atomic mass is 9.80. The molecule has 2 nitrogen and oxygen atoms in total. The second-order valence-electron chi connectivity index (χ2n) is 4.61. The molecule has 2 rings (SSSR count). The van der Waals surface area contributed by atoms with E-state index >= 15 is 0 Å². The van der Waals surface area contributed by atoms with Gasteiger partial charge in [0, 0.05) is 0 Å². The van der Waals surface area contributed by atoms with Gasteiger partial charge in [-0.05, 0) is 37.4 Å². The fraction of sp³-hybridized carbons (Fsp3) is 0.692. The maximum Gasteiger partial charge on any atom is 0.123 e. The van der Waals surface area contributed by atoms with E-state index in [4.69, 9.17) is 4.42 Å². The van der Waals surface area contributed by atoms with Crippen LogP contribution in [-0.2, 0) is 0 Å². The molecule has 1 atom stereocenters. The highest BCUT2D eigenvalue weighted by molar-refractivity contribution is 5.18. The number of rotatable bonds is 5. The molecule has 1 aliphatic carbocycles. The highest BCUT2D eigenvalue weighted by Crippen LogP contribution is 2.35. The van der Waals surface area contributed by atoms with E-state index in [1.165, 1.54) is 31.2 Å². The van der Waals surface area contributed by atoms with Gasteiger partial charge < -0.3 is 9.73 Å². The van der Waals surface area contributed by atoms with Gasteiger partial charge in [-0.1, -0.05) is 26.2 Å². The lowest BCUT2D eigenvalue weighted by Gasteiger charge is -2.29. The first kappa shape index (κ1) is 10.7. The van der Waals surface area contributed by atoms with E-state index in [0.29, 0.717) is 6.04 Å². The van der Waals surface area contributed by atoms with Crippen LogP contribution in [0.3, 0.4) is 0 Å². The fourth-order valence-corrected chi connectivity index (χ4v) is 2.33. The summed E-state index contributed by atoms with van der Waals surface area (Å²) < 4.78 is 5.59. The Morgan fingerprint density at radius 3 is 2.80 bits per heavy atom. The van der Waals surface area contributed by atoms with Crippen molar-refractivity contribution in [2.45, 2.75) is 45.6 Å². The van der Waals surface area contributed by atoms with E-state index in [9.17, 15) is 0 Å². The Kier molecular flexibility index (Phi) is 3.47. The summed E-state index contributed by atoms with van der Waals surface area (Å²) >= 11 is 0. The zero-order chi connectivity index (χ0) is 10.7. The van der Waals surface area contributed by atoms with E-state index in [0.717, 1.165) is 18.2 Å². The second-order valence-corrected chi connectivity index (χ2v) is 4.61. The summed E-state index contributed by atoms with van der Waals surface area (Å²) in [7, 11) is 0. The molecule has 1 saturated carbocycles. The van der Waals surface area contributed by atoms with Crippen molar-refractivity contribution in [3.05, 3.63) is 23.7 Å². The van der Waals surface area contributed by atoms with Crippen LogP contribution in [-0.4, -0.2) is 6.54 Å². The molecule has 1 fully saturated rings. The lowest BCUT2D eigenvalue weighted by molar-refractivity contribution is 0.247. The molecule has 0 saturated heterocycles. The normalized spacial score (nSPS) is 18.8. The molecule has 0 radical (unpaired) electrons. The molecule has 2 heteroatoms. The van der Waals surface area contributed by atoms with Gasteiger partial charge in [-0.15, -0.1) is 0 Å². The number of hydrogen-bond donors (Lipinski definition) is 1. The molecule has 1 aromatic heterocycles. The summed E-state index contributed by atoms with van der Waals surface area (Å²) in [5.41, 5.74) is 1.28. The van der Waals surface area contributed by atoms with Gasteiger partial charge in [-0.2, -0.15) is 0 Å². The maximum absolute atomic E-state index is 5.59. The molecule has 0 aliphatic heterocycles. The molecule has 1 N–H and O–H groups in total. The average Bonchev–Trinajstić information content (AvgIpc) is 2.56. The SMILES string of the molecule is CCNC(CC1CCC1)c1occc1C. The van der Waals surface area contributed by atoms with Crippen LogP contribution in [0.4, 0.5) is 0 Å². The van der Waals surface area contributed by atoms with E-state index in [2.05, 4.69) is 25.2 Å². The van der Waals surface area contributed by atoms with E-state index in [-0.39, 0.29) is 0 Å². The molecular weight excluding hydrogens is 186 g/mol. The zero-order valence-corrected chi connectivity index (χ0v) is 9.75. The molecule has 0 amide bonds. The van der Waals surface area contributed by atoms with Crippen LogP contribution in [0.25, 0.3) is 0 Å². The Balaban J connectivity index is 2.01. The van der Waals surface area contributed by atoms with Crippen molar-refractivity contribution in [2.75, 3.05) is 6.54 Å². The van der Waals surface area contributed by atoms with Crippen LogP contribution in [0.2, 0.25) is 0 Å². The van der Waals surface area contributed by atoms with Gasteiger partial charge in [-0.3, -0.25) is 0 Å². The summed E-state index contributed by atoms with van der Waals surface area (Å²) in [4.78, 5) is 0. The predicted octanol–water partition coefficient (Wildman–Crippen LogP) is 3.43. The molecule has 15 heavy (non-hydrogen) atoms. The van der Waals surface area contributed by atoms with Gasteiger partial charge in [0.25, 0.3) is 0 Å². The fourth-order valence-electron chi connectivity index (χ4n) is 2.33. The van der Waals surface area contributed by atoms with Crippen LogP contribution < -0.4 is 5.32 Å². The number of hydrogen-bond acceptors (Lipinski definition) is 2. The Labute approximate surface area is 92.1 Å². The summed E-state index contributed by atoms with van der Waals surface area (Å²) in [6.07, 6.45) is 7.27. The third-order valence-electron chi connectivity index (χ3n) is 3.46. The van der Waals surface area contributed by atoms with Crippen molar-refractivity contribution in [2.24, 2.45) is 5.92 Å². The van der Waals surface area contributed by atoms with Gasteiger partial charge in [0.2, 0.25) is 0 Å². The summed E-state index contributed by atoms with van der Waals surface area (Å²) in [5, 5.41) is 3.53. The predicted molar refractivity (Wildman–Crippen MR) is 61.8 cm³/mol. The number of nitrogens with one attached hydrogen (secondary N) is 1. The van der Waals surface area contributed by atoms with Gasteiger partial charge in [0.1, 0.15) is 5.76 Å². The maximum atomic E-state index is 5.59. The van der Waals surface area contributed by atoms with Crippen molar-refractivity contribution in [1.29, 1.82) is 0 Å². The zero-order valence-electron chi connectivity index (χ0n) is 9.75. The summed E-state index contributed by atoms with van der Waals surface area (Å²) in [5.74, 6) is 2.06. The first-order valence-corrected chi connectivity index (χ1v) is 6.08. The van der Waals surface area contributed by atoms with Gasteiger partial charge in [0.05, 0.1) is 12.3 Å². The molecule has 1 aliphatic rings. The molecule has 0 bridgehead atoms. The highest BCUT2D eigenvalue weighted by atomic mass is 16.3. The first-order chi connectivity index (χ1) is 7.31. The van der Waals surface area contributed by atoms with Crippen molar-refractivity contribution < 1.29 is 4.42 Å². The number of furan rings is 1. The second kappa shape index (κ2) is 4.84. The Morgan fingerprint density at radius 1 is 1.53 bits per heavy atom. The molecule has 1 unspecified atom stereocenters. The monoisotopic (exact) mass is 207 g/mol. The minimum Gasteiger partial charge on any atom is -0.467 e. The van der Waals surface area contributed by atoms with Gasteiger partial charge >= 0.3 is 0 Å². The third-order valence-corrected chi connectivity index (χ3v) is 3.46. The van der Waals surface area contributed by atoms with Crippen LogP contribution in [0, 0.1) is 12.8 Å². The van der Waals surface area contributed by atoms with Crippen LogP contribution >= 0.6 is 0 Å². The van der Waals surface area contributed by atoms with E-state index < -0.39 is 0 Å². The van der Waals surface area contributed by atoms with Gasteiger partial charge in [-0.25, -0.2) is 0 Å².